The summed E-state index contributed by atoms with van der Waals surface area (Å²) in [5.41, 5.74) is 6.00. The first-order valence-corrected chi connectivity index (χ1v) is 10.1. The minimum Gasteiger partial charge on any atom is -0.480 e. The van der Waals surface area contributed by atoms with E-state index in [-0.39, 0.29) is 17.9 Å². The summed E-state index contributed by atoms with van der Waals surface area (Å²) in [6.45, 7) is 4.41. The summed E-state index contributed by atoms with van der Waals surface area (Å²) < 4.78 is 57.1. The summed E-state index contributed by atoms with van der Waals surface area (Å²) in [7, 11) is 0. The lowest BCUT2D eigenvalue weighted by molar-refractivity contribution is -0.137. The van der Waals surface area contributed by atoms with E-state index in [0.717, 1.165) is 12.1 Å². The van der Waals surface area contributed by atoms with Crippen LogP contribution in [-0.4, -0.2) is 35.4 Å². The van der Waals surface area contributed by atoms with Crippen molar-refractivity contribution in [2.24, 2.45) is 0 Å². The van der Waals surface area contributed by atoms with Crippen molar-refractivity contribution in [3.63, 3.8) is 0 Å². The van der Waals surface area contributed by atoms with E-state index in [9.17, 15) is 13.2 Å². The van der Waals surface area contributed by atoms with E-state index in [1.807, 2.05) is 0 Å². The van der Waals surface area contributed by atoms with Gasteiger partial charge in [-0.05, 0) is 43.7 Å². The van der Waals surface area contributed by atoms with Gasteiger partial charge in [-0.3, -0.25) is 0 Å². The van der Waals surface area contributed by atoms with Gasteiger partial charge >= 0.3 is 6.18 Å². The van der Waals surface area contributed by atoms with Gasteiger partial charge in [0, 0.05) is 17.1 Å². The molecular formula is C22H21F3N4O3. The van der Waals surface area contributed by atoms with E-state index in [2.05, 4.69) is 15.3 Å². The molecule has 32 heavy (non-hydrogen) atoms. The van der Waals surface area contributed by atoms with Crippen LogP contribution in [-0.2, 0) is 10.9 Å². The lowest BCUT2D eigenvalue weighted by atomic mass is 10.0. The van der Waals surface area contributed by atoms with Gasteiger partial charge < -0.3 is 25.3 Å². The number of nitrogens with two attached hydrogens (primary N) is 1. The Labute approximate surface area is 181 Å². The number of aryl methyl sites for hydroxylation is 1. The van der Waals surface area contributed by atoms with E-state index < -0.39 is 17.8 Å². The number of hydrogen-bond acceptors (Lipinski definition) is 7. The molecule has 2 aliphatic rings. The number of fused-ring (bicyclic) bond motifs is 3. The largest absolute Gasteiger partial charge is 0.480 e. The van der Waals surface area contributed by atoms with Crippen molar-refractivity contribution in [2.75, 3.05) is 24.3 Å². The molecule has 0 spiro atoms. The molecule has 1 fully saturated rings. The molecule has 2 aliphatic heterocycles. The predicted molar refractivity (Wildman–Crippen MR) is 112 cm³/mol. The fourth-order valence-electron chi connectivity index (χ4n) is 3.99. The maximum Gasteiger partial charge on any atom is 0.416 e. The Bertz CT molecular complexity index is 1200. The van der Waals surface area contributed by atoms with Gasteiger partial charge in [0.05, 0.1) is 30.3 Å². The molecule has 0 amide bonds. The number of alkyl halides is 3. The zero-order valence-corrected chi connectivity index (χ0v) is 17.4. The number of aromatic nitrogens is 2. The smallest absolute Gasteiger partial charge is 0.416 e. The summed E-state index contributed by atoms with van der Waals surface area (Å²) in [6, 6.07) is 6.59. The van der Waals surface area contributed by atoms with E-state index >= 15 is 0 Å². The highest BCUT2D eigenvalue weighted by atomic mass is 19.4. The average Bonchev–Trinajstić information content (AvgIpc) is 3.16. The fraction of sp³-hybridized carbons (Fsp3) is 0.364. The molecule has 1 saturated heterocycles. The van der Waals surface area contributed by atoms with Crippen LogP contribution in [0.4, 0.5) is 24.7 Å². The Kier molecular flexibility index (Phi) is 4.77. The molecule has 5 rings (SSSR count). The standard InChI is InChI=1S/C22H21F3N4O3/c1-10(12-3-13(22(23,24)25)5-14(26)4-12)27-21-15-6-17-18(7-16(15)28-11(2)29-21)32-20-9-30-8-19(20)31-17/h3-7,10,19-20H,8-9,26H2,1-2H3,(H,27,28,29)/t10-,19?,20?/m1/s1. The maximum atomic E-state index is 13.2. The number of nitrogens with zero attached hydrogens (tertiary/aromatic N) is 2. The monoisotopic (exact) mass is 446 g/mol. The van der Waals surface area contributed by atoms with Crippen molar-refractivity contribution in [1.29, 1.82) is 0 Å². The fourth-order valence-corrected chi connectivity index (χ4v) is 3.99. The molecule has 0 saturated carbocycles. The quantitative estimate of drug-likeness (QED) is 0.581. The molecule has 168 valence electrons. The van der Waals surface area contributed by atoms with E-state index in [4.69, 9.17) is 19.9 Å². The van der Waals surface area contributed by atoms with E-state index in [0.29, 0.717) is 52.8 Å². The Morgan fingerprint density at radius 1 is 1.03 bits per heavy atom. The van der Waals surface area contributed by atoms with Gasteiger partial charge in [0.1, 0.15) is 11.6 Å². The van der Waals surface area contributed by atoms with Gasteiger partial charge in [-0.2, -0.15) is 13.2 Å². The SMILES string of the molecule is Cc1nc(N[C@H](C)c2cc(N)cc(C(F)(F)F)c2)c2cc3c(cc2n1)OC1COCC1O3. The van der Waals surface area contributed by atoms with Crippen LogP contribution in [0.3, 0.4) is 0 Å². The predicted octanol–water partition coefficient (Wildman–Crippen LogP) is 4.25. The summed E-state index contributed by atoms with van der Waals surface area (Å²) in [6.07, 6.45) is -4.83. The molecule has 2 aromatic carbocycles. The summed E-state index contributed by atoms with van der Waals surface area (Å²) in [5.74, 6) is 2.12. The van der Waals surface area contributed by atoms with E-state index in [1.54, 1.807) is 26.0 Å². The Morgan fingerprint density at radius 2 is 1.72 bits per heavy atom. The second-order valence-electron chi connectivity index (χ2n) is 8.04. The molecule has 0 aliphatic carbocycles. The summed E-state index contributed by atoms with van der Waals surface area (Å²) >= 11 is 0. The maximum absolute atomic E-state index is 13.2. The van der Waals surface area contributed by atoms with E-state index in [1.165, 1.54) is 6.07 Å². The Morgan fingerprint density at radius 3 is 2.41 bits per heavy atom. The Hall–Kier alpha value is -3.27. The molecule has 1 aromatic heterocycles. The molecule has 3 aromatic rings. The first-order chi connectivity index (χ1) is 15.2. The van der Waals surface area contributed by atoms with Crippen molar-refractivity contribution in [3.8, 4) is 11.5 Å². The number of hydrogen-bond donors (Lipinski definition) is 2. The van der Waals surface area contributed by atoms with Gasteiger partial charge in [-0.1, -0.05) is 0 Å². The lowest BCUT2D eigenvalue weighted by Gasteiger charge is -2.28. The summed E-state index contributed by atoms with van der Waals surface area (Å²) in [4.78, 5) is 8.96. The molecular weight excluding hydrogens is 425 g/mol. The zero-order valence-electron chi connectivity index (χ0n) is 17.4. The van der Waals surface area contributed by atoms with Gasteiger partial charge in [0.25, 0.3) is 0 Å². The third-order valence-electron chi connectivity index (χ3n) is 5.57. The molecule has 10 heteroatoms. The molecule has 2 unspecified atom stereocenters. The average molecular weight is 446 g/mol. The molecule has 0 radical (unpaired) electrons. The van der Waals surface area contributed by atoms with Gasteiger partial charge in [-0.15, -0.1) is 0 Å². The van der Waals surface area contributed by atoms with Crippen molar-refractivity contribution in [3.05, 3.63) is 47.3 Å². The number of nitrogen functional groups attached to an aromatic ring is 1. The normalized spacial score (nSPS) is 20.8. The van der Waals surface area contributed by atoms with Gasteiger partial charge in [-0.25, -0.2) is 9.97 Å². The number of ether oxygens (including phenoxy) is 3. The second-order valence-corrected chi connectivity index (χ2v) is 8.04. The van der Waals surface area contributed by atoms with Crippen LogP contribution >= 0.6 is 0 Å². The highest BCUT2D eigenvalue weighted by molar-refractivity contribution is 5.92. The van der Waals surface area contributed by atoms with Crippen LogP contribution in [0.25, 0.3) is 10.9 Å². The van der Waals surface area contributed by atoms with Gasteiger partial charge in [0.15, 0.2) is 23.7 Å². The molecule has 0 bridgehead atoms. The first-order valence-electron chi connectivity index (χ1n) is 10.1. The number of benzene rings is 2. The minimum absolute atomic E-state index is 0.0418. The van der Waals surface area contributed by atoms with Crippen molar-refractivity contribution < 1.29 is 27.4 Å². The van der Waals surface area contributed by atoms with Crippen LogP contribution in [0.5, 0.6) is 11.5 Å². The number of halogens is 3. The van der Waals surface area contributed by atoms with Crippen LogP contribution < -0.4 is 20.5 Å². The topological polar surface area (TPSA) is 91.5 Å². The summed E-state index contributed by atoms with van der Waals surface area (Å²) in [5, 5.41) is 3.87. The van der Waals surface area contributed by atoms with Gasteiger partial charge in [0.2, 0.25) is 0 Å². The van der Waals surface area contributed by atoms with Crippen LogP contribution in [0.15, 0.2) is 30.3 Å². The first kappa shape index (κ1) is 20.6. The highest BCUT2D eigenvalue weighted by Gasteiger charge is 2.37. The third-order valence-corrected chi connectivity index (χ3v) is 5.57. The van der Waals surface area contributed by atoms with Crippen molar-refractivity contribution in [2.45, 2.75) is 38.3 Å². The number of nitrogens with one attached hydrogen (secondary N) is 1. The van der Waals surface area contributed by atoms with Crippen molar-refractivity contribution in [1.82, 2.24) is 9.97 Å². The van der Waals surface area contributed by atoms with Crippen LogP contribution in [0, 0.1) is 6.92 Å². The zero-order chi connectivity index (χ0) is 22.6. The third kappa shape index (κ3) is 3.75. The molecule has 3 heterocycles. The highest BCUT2D eigenvalue weighted by Crippen LogP contribution is 2.41. The minimum atomic E-state index is -4.49. The molecule has 3 N–H and O–H groups in total. The second kappa shape index (κ2) is 7.40. The number of anilines is 2. The van der Waals surface area contributed by atoms with Crippen LogP contribution in [0.1, 0.15) is 29.9 Å². The van der Waals surface area contributed by atoms with Crippen molar-refractivity contribution >= 4 is 22.4 Å². The number of rotatable bonds is 3. The lowest BCUT2D eigenvalue weighted by Crippen LogP contribution is -2.38. The van der Waals surface area contributed by atoms with Crippen LogP contribution in [0.2, 0.25) is 0 Å². The molecule has 7 nitrogen and oxygen atoms in total. The molecule has 3 atom stereocenters. The Balaban J connectivity index is 1.51.